The highest BCUT2D eigenvalue weighted by molar-refractivity contribution is 6.30. The summed E-state index contributed by atoms with van der Waals surface area (Å²) in [5, 5.41) is 4.79. The maximum atomic E-state index is 13.4. The van der Waals surface area contributed by atoms with Crippen LogP contribution in [0.5, 0.6) is 0 Å². The van der Waals surface area contributed by atoms with E-state index in [1.54, 1.807) is 0 Å². The minimum absolute atomic E-state index is 0.116. The molecule has 2 aromatic rings. The van der Waals surface area contributed by atoms with Crippen LogP contribution in [0.1, 0.15) is 30.9 Å². The van der Waals surface area contributed by atoms with E-state index in [9.17, 15) is 4.79 Å². The lowest BCUT2D eigenvalue weighted by Gasteiger charge is -2.38. The highest BCUT2D eigenvalue weighted by atomic mass is 35.5. The first-order valence-corrected chi connectivity index (χ1v) is 9.25. The standard InChI is InChI=1S/C20H22Cl2N2O/c1-13-11-24(12-14(2)23-13)20(25)19(15-3-7-17(21)8-4-15)16-5-9-18(22)10-6-16/h3-10,13-14,19,23H,11-12H2,1-2H3/t13-,14+. The first kappa shape index (κ1) is 18.2. The topological polar surface area (TPSA) is 32.3 Å². The molecule has 5 heteroatoms. The molecule has 3 rings (SSSR count). The number of nitrogens with zero attached hydrogens (tertiary/aromatic N) is 1. The zero-order valence-electron chi connectivity index (χ0n) is 14.4. The Kier molecular flexibility index (Phi) is 5.67. The first-order valence-electron chi connectivity index (χ1n) is 8.50. The van der Waals surface area contributed by atoms with Crippen LogP contribution in [-0.2, 0) is 4.79 Å². The number of benzene rings is 2. The quantitative estimate of drug-likeness (QED) is 0.863. The van der Waals surface area contributed by atoms with Crippen LogP contribution in [0.3, 0.4) is 0 Å². The SMILES string of the molecule is C[C@@H]1CN(C(=O)C(c2ccc(Cl)cc2)c2ccc(Cl)cc2)C[C@H](C)N1. The Morgan fingerprint density at radius 1 is 0.920 bits per heavy atom. The second-order valence-corrected chi connectivity index (χ2v) is 7.62. The van der Waals surface area contributed by atoms with Gasteiger partial charge in [0.25, 0.3) is 0 Å². The maximum Gasteiger partial charge on any atom is 0.234 e. The summed E-state index contributed by atoms with van der Waals surface area (Å²) in [5.41, 5.74) is 1.88. The summed E-state index contributed by atoms with van der Waals surface area (Å²) in [4.78, 5) is 15.4. The van der Waals surface area contributed by atoms with Gasteiger partial charge in [0.15, 0.2) is 0 Å². The minimum Gasteiger partial charge on any atom is -0.339 e. The fourth-order valence-electron chi connectivity index (χ4n) is 3.48. The van der Waals surface area contributed by atoms with Gasteiger partial charge in [0.1, 0.15) is 0 Å². The molecule has 1 aliphatic rings. The summed E-state index contributed by atoms with van der Waals surface area (Å²) in [7, 11) is 0. The van der Waals surface area contributed by atoms with Crippen molar-refractivity contribution in [2.75, 3.05) is 13.1 Å². The number of nitrogens with one attached hydrogen (secondary N) is 1. The van der Waals surface area contributed by atoms with E-state index >= 15 is 0 Å². The molecule has 0 radical (unpaired) electrons. The molecule has 3 nitrogen and oxygen atoms in total. The summed E-state index contributed by atoms with van der Waals surface area (Å²) >= 11 is 12.1. The van der Waals surface area contributed by atoms with Gasteiger partial charge in [-0.2, -0.15) is 0 Å². The van der Waals surface area contributed by atoms with Crippen molar-refractivity contribution < 1.29 is 4.79 Å². The number of hydrogen-bond acceptors (Lipinski definition) is 2. The number of amides is 1. The van der Waals surface area contributed by atoms with E-state index in [1.807, 2.05) is 53.4 Å². The Bertz CT molecular complexity index is 675. The Morgan fingerprint density at radius 2 is 1.32 bits per heavy atom. The third-order valence-electron chi connectivity index (χ3n) is 4.52. The lowest BCUT2D eigenvalue weighted by Crippen LogP contribution is -2.56. The van der Waals surface area contributed by atoms with Crippen molar-refractivity contribution in [2.24, 2.45) is 0 Å². The number of carbonyl (C=O) groups is 1. The van der Waals surface area contributed by atoms with Gasteiger partial charge in [0.05, 0.1) is 5.92 Å². The van der Waals surface area contributed by atoms with E-state index in [0.29, 0.717) is 23.1 Å². The number of piperazine rings is 1. The molecule has 1 N–H and O–H groups in total. The molecule has 2 atom stereocenters. The van der Waals surface area contributed by atoms with Crippen molar-refractivity contribution in [3.05, 3.63) is 69.7 Å². The van der Waals surface area contributed by atoms with Gasteiger partial charge < -0.3 is 10.2 Å². The lowest BCUT2D eigenvalue weighted by molar-refractivity contribution is -0.133. The van der Waals surface area contributed by atoms with Crippen LogP contribution in [0.15, 0.2) is 48.5 Å². The summed E-state index contributed by atoms with van der Waals surface area (Å²) in [6, 6.07) is 15.6. The Balaban J connectivity index is 1.96. The van der Waals surface area contributed by atoms with Crippen LogP contribution in [0.2, 0.25) is 10.0 Å². The molecule has 0 bridgehead atoms. The Labute approximate surface area is 158 Å². The van der Waals surface area contributed by atoms with Crippen LogP contribution < -0.4 is 5.32 Å². The first-order chi connectivity index (χ1) is 11.9. The maximum absolute atomic E-state index is 13.4. The third kappa shape index (κ3) is 4.35. The number of carbonyl (C=O) groups excluding carboxylic acids is 1. The van der Waals surface area contributed by atoms with Gasteiger partial charge in [-0.1, -0.05) is 47.5 Å². The number of hydrogen-bond donors (Lipinski definition) is 1. The fraction of sp³-hybridized carbons (Fsp3) is 0.350. The van der Waals surface area contributed by atoms with Crippen LogP contribution in [0.4, 0.5) is 0 Å². The van der Waals surface area contributed by atoms with Crippen LogP contribution in [0, 0.1) is 0 Å². The van der Waals surface area contributed by atoms with E-state index < -0.39 is 0 Å². The average molecular weight is 377 g/mol. The number of halogens is 2. The van der Waals surface area contributed by atoms with Crippen LogP contribution in [0.25, 0.3) is 0 Å². The lowest BCUT2D eigenvalue weighted by atomic mass is 9.89. The summed E-state index contributed by atoms with van der Waals surface area (Å²) < 4.78 is 0. The van der Waals surface area contributed by atoms with E-state index in [0.717, 1.165) is 11.1 Å². The fourth-order valence-corrected chi connectivity index (χ4v) is 3.73. The molecule has 0 aliphatic carbocycles. The summed E-state index contributed by atoms with van der Waals surface area (Å²) in [6.45, 7) is 5.63. The molecule has 1 heterocycles. The molecule has 0 saturated carbocycles. The van der Waals surface area contributed by atoms with Gasteiger partial charge in [-0.25, -0.2) is 0 Å². The summed E-state index contributed by atoms with van der Waals surface area (Å²) in [5.74, 6) is -0.239. The smallest absolute Gasteiger partial charge is 0.234 e. The van der Waals surface area contributed by atoms with E-state index in [1.165, 1.54) is 0 Å². The molecule has 1 aliphatic heterocycles. The molecular formula is C20H22Cl2N2O. The zero-order valence-corrected chi connectivity index (χ0v) is 15.9. The van der Waals surface area contributed by atoms with Gasteiger partial charge in [0.2, 0.25) is 5.91 Å². The molecular weight excluding hydrogens is 355 g/mol. The molecule has 1 saturated heterocycles. The van der Waals surface area contributed by atoms with Crippen LogP contribution >= 0.6 is 23.2 Å². The molecule has 1 amide bonds. The van der Waals surface area contributed by atoms with Crippen molar-refractivity contribution in [3.8, 4) is 0 Å². The van der Waals surface area contributed by atoms with Crippen LogP contribution in [-0.4, -0.2) is 36.0 Å². The molecule has 0 unspecified atom stereocenters. The molecule has 132 valence electrons. The monoisotopic (exact) mass is 376 g/mol. The molecule has 0 aromatic heterocycles. The van der Waals surface area contributed by atoms with Crippen molar-refractivity contribution in [1.29, 1.82) is 0 Å². The predicted molar refractivity (Wildman–Crippen MR) is 103 cm³/mol. The predicted octanol–water partition coefficient (Wildman–Crippen LogP) is 4.33. The molecule has 0 spiro atoms. The Hall–Kier alpha value is -1.55. The van der Waals surface area contributed by atoms with E-state index in [2.05, 4.69) is 19.2 Å². The highest BCUT2D eigenvalue weighted by Gasteiger charge is 2.31. The summed E-state index contributed by atoms with van der Waals surface area (Å²) in [6.07, 6.45) is 0. The second-order valence-electron chi connectivity index (χ2n) is 6.75. The van der Waals surface area contributed by atoms with Gasteiger partial charge in [-0.15, -0.1) is 0 Å². The van der Waals surface area contributed by atoms with Gasteiger partial charge in [-0.3, -0.25) is 4.79 Å². The van der Waals surface area contributed by atoms with Gasteiger partial charge >= 0.3 is 0 Å². The average Bonchev–Trinajstić information content (AvgIpc) is 2.57. The Morgan fingerprint density at radius 3 is 1.72 bits per heavy atom. The molecule has 25 heavy (non-hydrogen) atoms. The van der Waals surface area contributed by atoms with E-state index in [4.69, 9.17) is 23.2 Å². The molecule has 1 fully saturated rings. The zero-order chi connectivity index (χ0) is 18.0. The van der Waals surface area contributed by atoms with Crippen molar-refractivity contribution >= 4 is 29.1 Å². The van der Waals surface area contributed by atoms with Crippen molar-refractivity contribution in [2.45, 2.75) is 31.8 Å². The second kappa shape index (κ2) is 7.77. The van der Waals surface area contributed by atoms with Crippen molar-refractivity contribution in [3.63, 3.8) is 0 Å². The highest BCUT2D eigenvalue weighted by Crippen LogP contribution is 2.29. The largest absolute Gasteiger partial charge is 0.339 e. The van der Waals surface area contributed by atoms with Crippen molar-refractivity contribution in [1.82, 2.24) is 10.2 Å². The third-order valence-corrected chi connectivity index (χ3v) is 5.03. The number of rotatable bonds is 3. The van der Waals surface area contributed by atoms with Gasteiger partial charge in [0, 0.05) is 35.2 Å². The molecule has 2 aromatic carbocycles. The van der Waals surface area contributed by atoms with Gasteiger partial charge in [-0.05, 0) is 49.2 Å². The van der Waals surface area contributed by atoms with E-state index in [-0.39, 0.29) is 23.9 Å². The minimum atomic E-state index is -0.355. The normalized spacial score (nSPS) is 20.8.